The second kappa shape index (κ2) is 6.00. The van der Waals surface area contributed by atoms with E-state index in [1.165, 1.54) is 18.0 Å². The lowest BCUT2D eigenvalue weighted by Gasteiger charge is -2.22. The van der Waals surface area contributed by atoms with Crippen molar-refractivity contribution in [3.8, 4) is 0 Å². The molecule has 0 aliphatic carbocycles. The maximum absolute atomic E-state index is 11.8. The van der Waals surface area contributed by atoms with Crippen LogP contribution >= 0.6 is 0 Å². The topological polar surface area (TPSA) is 75.4 Å². The molecule has 18 heavy (non-hydrogen) atoms. The highest BCUT2D eigenvalue weighted by Crippen LogP contribution is 2.05. The zero-order valence-corrected chi connectivity index (χ0v) is 10.7. The molecule has 1 N–H and O–H groups in total. The number of carbonyl (C=O) groups is 2. The van der Waals surface area contributed by atoms with Gasteiger partial charge in [0.2, 0.25) is 5.91 Å². The van der Waals surface area contributed by atoms with Gasteiger partial charge in [-0.15, -0.1) is 0 Å². The molecule has 6 heteroatoms. The molecule has 0 aromatic carbocycles. The Labute approximate surface area is 106 Å². The normalized spacial score (nSPS) is 12.6. The first-order valence-electron chi connectivity index (χ1n) is 5.62. The molecule has 1 unspecified atom stereocenters. The minimum absolute atomic E-state index is 0.340. The Morgan fingerprint density at radius 2 is 2.28 bits per heavy atom. The molecule has 0 fully saturated rings. The van der Waals surface area contributed by atoms with Crippen molar-refractivity contribution in [1.29, 1.82) is 0 Å². The Morgan fingerprint density at radius 1 is 1.61 bits per heavy atom. The van der Waals surface area contributed by atoms with Gasteiger partial charge in [0.15, 0.2) is 0 Å². The van der Waals surface area contributed by atoms with Crippen LogP contribution in [0.5, 0.6) is 0 Å². The molecule has 1 heterocycles. The minimum Gasteiger partial charge on any atom is -0.480 e. The Hall–Kier alpha value is -2.11. The number of likely N-dealkylation sites (N-methyl/N-ethyl adjacent to an activating group) is 1. The number of hydrogen-bond acceptors (Lipinski definition) is 3. The smallest absolute Gasteiger partial charge is 0.326 e. The van der Waals surface area contributed by atoms with Crippen LogP contribution in [0, 0.1) is 0 Å². The Bertz CT molecular complexity index is 465. The predicted octanol–water partition coefficient (Wildman–Crippen LogP) is 0.755. The second-order valence-electron chi connectivity index (χ2n) is 3.99. The fourth-order valence-electron chi connectivity index (χ4n) is 1.58. The van der Waals surface area contributed by atoms with Crippen molar-refractivity contribution in [3.05, 3.63) is 24.0 Å². The number of rotatable bonds is 5. The van der Waals surface area contributed by atoms with E-state index in [1.807, 2.05) is 0 Å². The molecule has 0 spiro atoms. The maximum atomic E-state index is 11.8. The molecule has 1 aromatic rings. The average molecular weight is 251 g/mol. The lowest BCUT2D eigenvalue weighted by molar-refractivity contribution is -0.147. The van der Waals surface area contributed by atoms with Gasteiger partial charge in [-0.25, -0.2) is 4.79 Å². The van der Waals surface area contributed by atoms with Gasteiger partial charge >= 0.3 is 5.97 Å². The molecular formula is C12H17N3O3. The number of aromatic nitrogens is 2. The van der Waals surface area contributed by atoms with Crippen LogP contribution in [0.15, 0.2) is 18.5 Å². The summed E-state index contributed by atoms with van der Waals surface area (Å²) in [5.41, 5.74) is 0.794. The van der Waals surface area contributed by atoms with Gasteiger partial charge in [0.1, 0.15) is 6.04 Å². The van der Waals surface area contributed by atoms with Gasteiger partial charge in [0, 0.05) is 31.9 Å². The first kappa shape index (κ1) is 14.0. The number of carbonyl (C=O) groups excluding carboxylic acids is 1. The van der Waals surface area contributed by atoms with Crippen molar-refractivity contribution in [2.75, 3.05) is 7.05 Å². The largest absolute Gasteiger partial charge is 0.480 e. The summed E-state index contributed by atoms with van der Waals surface area (Å²) in [7, 11) is 3.26. The highest BCUT2D eigenvalue weighted by molar-refractivity contribution is 5.94. The van der Waals surface area contributed by atoms with E-state index in [-0.39, 0.29) is 5.91 Å². The monoisotopic (exact) mass is 251 g/mol. The molecule has 0 bridgehead atoms. The third kappa shape index (κ3) is 3.44. The van der Waals surface area contributed by atoms with Crippen molar-refractivity contribution < 1.29 is 14.7 Å². The first-order chi connectivity index (χ1) is 8.45. The van der Waals surface area contributed by atoms with Gasteiger partial charge in [-0.05, 0) is 12.5 Å². The van der Waals surface area contributed by atoms with E-state index in [9.17, 15) is 9.59 Å². The van der Waals surface area contributed by atoms with Crippen LogP contribution in [0.4, 0.5) is 0 Å². The van der Waals surface area contributed by atoms with E-state index in [1.54, 1.807) is 37.1 Å². The molecule has 1 aromatic heterocycles. The summed E-state index contributed by atoms with van der Waals surface area (Å²) >= 11 is 0. The van der Waals surface area contributed by atoms with Crippen molar-refractivity contribution in [3.63, 3.8) is 0 Å². The standard InChI is InChI=1S/C12H17N3O3/c1-4-10(12(17)18)15(3)11(16)6-5-9-7-13-14(2)8-9/h5-8,10H,4H2,1-3H3,(H,17,18). The van der Waals surface area contributed by atoms with Gasteiger partial charge in [-0.1, -0.05) is 6.92 Å². The van der Waals surface area contributed by atoms with E-state index in [4.69, 9.17) is 5.11 Å². The van der Waals surface area contributed by atoms with Crippen LogP contribution in [0.2, 0.25) is 0 Å². The fourth-order valence-corrected chi connectivity index (χ4v) is 1.58. The zero-order chi connectivity index (χ0) is 13.7. The molecule has 1 rings (SSSR count). The molecule has 0 saturated carbocycles. The van der Waals surface area contributed by atoms with Gasteiger partial charge in [0.05, 0.1) is 6.20 Å². The van der Waals surface area contributed by atoms with Crippen LogP contribution < -0.4 is 0 Å². The summed E-state index contributed by atoms with van der Waals surface area (Å²) in [4.78, 5) is 23.9. The number of aryl methyl sites for hydroxylation is 1. The summed E-state index contributed by atoms with van der Waals surface area (Å²) in [6.45, 7) is 1.73. The number of amides is 1. The lowest BCUT2D eigenvalue weighted by atomic mass is 10.2. The van der Waals surface area contributed by atoms with Crippen LogP contribution in [0.25, 0.3) is 6.08 Å². The van der Waals surface area contributed by atoms with Crippen molar-refractivity contribution in [2.24, 2.45) is 7.05 Å². The van der Waals surface area contributed by atoms with Crippen molar-refractivity contribution in [2.45, 2.75) is 19.4 Å². The molecule has 6 nitrogen and oxygen atoms in total. The van der Waals surface area contributed by atoms with Gasteiger partial charge in [0.25, 0.3) is 0 Å². The molecule has 98 valence electrons. The first-order valence-corrected chi connectivity index (χ1v) is 5.62. The lowest BCUT2D eigenvalue weighted by Crippen LogP contribution is -2.41. The average Bonchev–Trinajstić information content (AvgIpc) is 2.72. The quantitative estimate of drug-likeness (QED) is 0.784. The Kier molecular flexibility index (Phi) is 4.65. The third-order valence-corrected chi connectivity index (χ3v) is 2.63. The number of aliphatic carboxylic acids is 1. The fraction of sp³-hybridized carbons (Fsp3) is 0.417. The molecule has 0 aliphatic rings. The van der Waals surface area contributed by atoms with Crippen LogP contribution in [0.3, 0.4) is 0 Å². The van der Waals surface area contributed by atoms with Crippen LogP contribution in [-0.2, 0) is 16.6 Å². The van der Waals surface area contributed by atoms with Crippen molar-refractivity contribution >= 4 is 18.0 Å². The molecule has 0 radical (unpaired) electrons. The van der Waals surface area contributed by atoms with E-state index in [2.05, 4.69) is 5.10 Å². The van der Waals surface area contributed by atoms with Gasteiger partial charge < -0.3 is 10.0 Å². The van der Waals surface area contributed by atoms with Gasteiger partial charge in [-0.3, -0.25) is 9.48 Å². The number of carboxylic acids is 1. The number of nitrogens with zero attached hydrogens (tertiary/aromatic N) is 3. The van der Waals surface area contributed by atoms with Gasteiger partial charge in [-0.2, -0.15) is 5.10 Å². The second-order valence-corrected chi connectivity index (χ2v) is 3.99. The molecule has 1 atom stereocenters. The Morgan fingerprint density at radius 3 is 2.72 bits per heavy atom. The van der Waals surface area contributed by atoms with Crippen molar-refractivity contribution in [1.82, 2.24) is 14.7 Å². The number of carboxylic acid groups (broad SMARTS) is 1. The summed E-state index contributed by atoms with van der Waals surface area (Å²) in [6, 6.07) is -0.795. The highest BCUT2D eigenvalue weighted by Gasteiger charge is 2.22. The summed E-state index contributed by atoms with van der Waals surface area (Å²) in [5.74, 6) is -1.34. The summed E-state index contributed by atoms with van der Waals surface area (Å²) in [5, 5.41) is 12.9. The van der Waals surface area contributed by atoms with E-state index < -0.39 is 12.0 Å². The minimum atomic E-state index is -0.997. The van der Waals surface area contributed by atoms with Crippen LogP contribution in [0.1, 0.15) is 18.9 Å². The molecule has 0 aliphatic heterocycles. The third-order valence-electron chi connectivity index (χ3n) is 2.63. The number of hydrogen-bond donors (Lipinski definition) is 1. The molecule has 0 saturated heterocycles. The predicted molar refractivity (Wildman–Crippen MR) is 66.7 cm³/mol. The Balaban J connectivity index is 2.70. The SMILES string of the molecule is CCC(C(=O)O)N(C)C(=O)C=Cc1cnn(C)c1. The van der Waals surface area contributed by atoms with E-state index in [0.29, 0.717) is 6.42 Å². The highest BCUT2D eigenvalue weighted by atomic mass is 16.4. The van der Waals surface area contributed by atoms with Crippen LogP contribution in [-0.4, -0.2) is 44.8 Å². The van der Waals surface area contributed by atoms with E-state index >= 15 is 0 Å². The molecular weight excluding hydrogens is 234 g/mol. The summed E-state index contributed by atoms with van der Waals surface area (Å²) in [6.07, 6.45) is 6.72. The molecule has 1 amide bonds. The van der Waals surface area contributed by atoms with E-state index in [0.717, 1.165) is 5.56 Å². The maximum Gasteiger partial charge on any atom is 0.326 e. The zero-order valence-electron chi connectivity index (χ0n) is 10.7. The summed E-state index contributed by atoms with van der Waals surface area (Å²) < 4.78 is 1.62.